The van der Waals surface area contributed by atoms with Crippen molar-refractivity contribution in [2.24, 2.45) is 0 Å². The molecule has 2 aromatic rings. The molecule has 0 saturated carbocycles. The molecule has 0 aliphatic carbocycles. The highest BCUT2D eigenvalue weighted by molar-refractivity contribution is 7.92. The Bertz CT molecular complexity index is 639. The van der Waals surface area contributed by atoms with Crippen LogP contribution in [0.2, 0.25) is 0 Å². The minimum Gasteiger partial charge on any atom is -0.342 e. The molecule has 1 aliphatic heterocycles. The molecule has 0 bridgehead atoms. The van der Waals surface area contributed by atoms with Gasteiger partial charge < -0.3 is 4.90 Å². The maximum atomic E-state index is 12.4. The van der Waals surface area contributed by atoms with Gasteiger partial charge in [0.15, 0.2) is 0 Å². The maximum absolute atomic E-state index is 12.4. The van der Waals surface area contributed by atoms with Crippen molar-refractivity contribution < 1.29 is 8.42 Å². The third-order valence-corrected chi connectivity index (χ3v) is 4.82. The van der Waals surface area contributed by atoms with Gasteiger partial charge in [0.2, 0.25) is 9.84 Å². The van der Waals surface area contributed by atoms with E-state index >= 15 is 0 Å². The fourth-order valence-corrected chi connectivity index (χ4v) is 3.80. The summed E-state index contributed by atoms with van der Waals surface area (Å²) in [6.45, 7) is 0. The molecule has 4 heteroatoms. The van der Waals surface area contributed by atoms with Crippen LogP contribution in [-0.2, 0) is 9.84 Å². The van der Waals surface area contributed by atoms with E-state index in [2.05, 4.69) is 6.07 Å². The molecule has 0 unspecified atom stereocenters. The molecule has 0 fully saturated rings. The van der Waals surface area contributed by atoms with Crippen LogP contribution in [-0.4, -0.2) is 15.5 Å². The SMILES string of the molecule is CN1c2c[c]ccc2S(=O)(=O)c2ccccc21. The normalized spacial score (nSPS) is 16.2. The summed E-state index contributed by atoms with van der Waals surface area (Å²) >= 11 is 0. The van der Waals surface area contributed by atoms with E-state index in [9.17, 15) is 8.42 Å². The lowest BCUT2D eigenvalue weighted by Crippen LogP contribution is -2.21. The maximum Gasteiger partial charge on any atom is 0.210 e. The van der Waals surface area contributed by atoms with E-state index in [1.54, 1.807) is 30.3 Å². The van der Waals surface area contributed by atoms with Gasteiger partial charge in [-0.25, -0.2) is 8.42 Å². The van der Waals surface area contributed by atoms with Crippen molar-refractivity contribution in [1.29, 1.82) is 0 Å². The average molecular weight is 244 g/mol. The molecule has 1 radical (unpaired) electrons. The van der Waals surface area contributed by atoms with E-state index in [4.69, 9.17) is 0 Å². The van der Waals surface area contributed by atoms with Gasteiger partial charge in [-0.05, 0) is 30.3 Å². The standard InChI is InChI=1S/C13H10NO2S/c1-14-10-6-2-4-8-12(10)17(15,16)13-9-5-3-7-11(13)14/h2,4-9H,1H3. The lowest BCUT2D eigenvalue weighted by Gasteiger charge is -2.29. The Kier molecular flexibility index (Phi) is 2.03. The second-order valence-electron chi connectivity index (χ2n) is 3.92. The molecule has 3 rings (SSSR count). The smallest absolute Gasteiger partial charge is 0.210 e. The zero-order chi connectivity index (χ0) is 12.0. The quantitative estimate of drug-likeness (QED) is 0.714. The van der Waals surface area contributed by atoms with E-state index in [-0.39, 0.29) is 0 Å². The van der Waals surface area contributed by atoms with Gasteiger partial charge in [-0.1, -0.05) is 18.2 Å². The molecule has 3 nitrogen and oxygen atoms in total. The molecule has 85 valence electrons. The number of sulfone groups is 1. The number of anilines is 2. The number of rotatable bonds is 0. The highest BCUT2D eigenvalue weighted by Gasteiger charge is 2.31. The number of fused-ring (bicyclic) bond motifs is 2. The summed E-state index contributed by atoms with van der Waals surface area (Å²) < 4.78 is 24.8. The first-order chi connectivity index (χ1) is 8.12. The van der Waals surface area contributed by atoms with Gasteiger partial charge in [-0.3, -0.25) is 0 Å². The second-order valence-corrected chi connectivity index (χ2v) is 5.81. The van der Waals surface area contributed by atoms with Crippen molar-refractivity contribution in [3.05, 3.63) is 48.5 Å². The van der Waals surface area contributed by atoms with Gasteiger partial charge in [-0.2, -0.15) is 0 Å². The predicted octanol–water partition coefficient (Wildman–Crippen LogP) is 2.40. The van der Waals surface area contributed by atoms with Gasteiger partial charge in [-0.15, -0.1) is 0 Å². The van der Waals surface area contributed by atoms with Crippen LogP contribution < -0.4 is 4.90 Å². The molecule has 0 N–H and O–H groups in total. The minimum absolute atomic E-state index is 0.345. The predicted molar refractivity (Wildman–Crippen MR) is 65.2 cm³/mol. The molecule has 0 amide bonds. The highest BCUT2D eigenvalue weighted by atomic mass is 32.2. The van der Waals surface area contributed by atoms with Gasteiger partial charge in [0.25, 0.3) is 0 Å². The van der Waals surface area contributed by atoms with Gasteiger partial charge >= 0.3 is 0 Å². The summed E-state index contributed by atoms with van der Waals surface area (Å²) in [5, 5.41) is 0. The molecule has 2 aromatic carbocycles. The summed E-state index contributed by atoms with van der Waals surface area (Å²) in [6, 6.07) is 14.9. The van der Waals surface area contributed by atoms with E-state index < -0.39 is 9.84 Å². The lowest BCUT2D eigenvalue weighted by atomic mass is 10.2. The number of para-hydroxylation sites is 1. The average Bonchev–Trinajstić information content (AvgIpc) is 2.37. The number of hydrogen-bond acceptors (Lipinski definition) is 3. The first-order valence-electron chi connectivity index (χ1n) is 5.20. The zero-order valence-electron chi connectivity index (χ0n) is 9.21. The van der Waals surface area contributed by atoms with Crippen LogP contribution >= 0.6 is 0 Å². The van der Waals surface area contributed by atoms with Crippen molar-refractivity contribution in [1.82, 2.24) is 0 Å². The second kappa shape index (κ2) is 3.34. The van der Waals surface area contributed by atoms with E-state index in [0.717, 1.165) is 0 Å². The van der Waals surface area contributed by atoms with E-state index in [1.807, 2.05) is 24.1 Å². The van der Waals surface area contributed by atoms with Crippen LogP contribution in [0, 0.1) is 6.07 Å². The van der Waals surface area contributed by atoms with E-state index in [0.29, 0.717) is 21.2 Å². The Labute approximate surface area is 100 Å². The van der Waals surface area contributed by atoms with Crippen molar-refractivity contribution >= 4 is 21.2 Å². The molecule has 0 atom stereocenters. The number of nitrogens with zero attached hydrogens (tertiary/aromatic N) is 1. The van der Waals surface area contributed by atoms with Crippen LogP contribution in [0.5, 0.6) is 0 Å². The molecule has 17 heavy (non-hydrogen) atoms. The minimum atomic E-state index is -3.40. The van der Waals surface area contributed by atoms with Crippen molar-refractivity contribution in [2.45, 2.75) is 9.79 Å². The van der Waals surface area contributed by atoms with Crippen LogP contribution in [0.1, 0.15) is 0 Å². The topological polar surface area (TPSA) is 37.4 Å². The fraction of sp³-hybridized carbons (Fsp3) is 0.0769. The summed E-state index contributed by atoms with van der Waals surface area (Å²) in [5.74, 6) is 0. The van der Waals surface area contributed by atoms with Crippen molar-refractivity contribution in [3.63, 3.8) is 0 Å². The summed E-state index contributed by atoms with van der Waals surface area (Å²) in [5.41, 5.74) is 1.38. The molecular weight excluding hydrogens is 234 g/mol. The van der Waals surface area contributed by atoms with Gasteiger partial charge in [0.05, 0.1) is 21.2 Å². The Hall–Kier alpha value is -1.81. The molecule has 1 aliphatic rings. The van der Waals surface area contributed by atoms with Crippen LogP contribution in [0.3, 0.4) is 0 Å². The Morgan fingerprint density at radius 1 is 1.06 bits per heavy atom. The van der Waals surface area contributed by atoms with Crippen LogP contribution in [0.25, 0.3) is 0 Å². The van der Waals surface area contributed by atoms with Crippen LogP contribution in [0.4, 0.5) is 11.4 Å². The van der Waals surface area contributed by atoms with Crippen molar-refractivity contribution in [3.8, 4) is 0 Å². The first-order valence-corrected chi connectivity index (χ1v) is 6.68. The van der Waals surface area contributed by atoms with E-state index in [1.165, 1.54) is 0 Å². The highest BCUT2D eigenvalue weighted by Crippen LogP contribution is 2.42. The molecule has 0 aromatic heterocycles. The number of hydrogen-bond donors (Lipinski definition) is 0. The van der Waals surface area contributed by atoms with Gasteiger partial charge in [0, 0.05) is 7.05 Å². The third-order valence-electron chi connectivity index (χ3n) is 2.97. The number of benzene rings is 2. The van der Waals surface area contributed by atoms with Crippen LogP contribution in [0.15, 0.2) is 52.3 Å². The molecule has 1 heterocycles. The summed E-state index contributed by atoms with van der Waals surface area (Å²) in [4.78, 5) is 2.58. The summed E-state index contributed by atoms with van der Waals surface area (Å²) in [6.07, 6.45) is 0. The fourth-order valence-electron chi connectivity index (χ4n) is 2.11. The molecule has 0 saturated heterocycles. The largest absolute Gasteiger partial charge is 0.342 e. The Morgan fingerprint density at radius 3 is 2.59 bits per heavy atom. The van der Waals surface area contributed by atoms with Crippen molar-refractivity contribution in [2.75, 3.05) is 11.9 Å². The summed E-state index contributed by atoms with van der Waals surface area (Å²) in [7, 11) is -1.53. The Balaban J connectivity index is 2.42. The Morgan fingerprint density at radius 2 is 1.76 bits per heavy atom. The lowest BCUT2D eigenvalue weighted by molar-refractivity contribution is 0.594. The molecular formula is C13H10NO2S. The first kappa shape index (κ1) is 10.4. The molecule has 0 spiro atoms. The van der Waals surface area contributed by atoms with Gasteiger partial charge in [0.1, 0.15) is 0 Å². The zero-order valence-corrected chi connectivity index (χ0v) is 10.0. The monoisotopic (exact) mass is 244 g/mol. The third kappa shape index (κ3) is 1.31.